The molecule has 0 spiro atoms. The van der Waals surface area contributed by atoms with Crippen LogP contribution in [0, 0.1) is 11.3 Å². The molecular formula is C23H32N2O2. The van der Waals surface area contributed by atoms with Gasteiger partial charge in [-0.2, -0.15) is 0 Å². The van der Waals surface area contributed by atoms with Crippen molar-refractivity contribution in [3.63, 3.8) is 0 Å². The molecule has 0 unspecified atom stereocenters. The Morgan fingerprint density at radius 1 is 1.33 bits per heavy atom. The van der Waals surface area contributed by atoms with Crippen LogP contribution in [0.1, 0.15) is 51.5 Å². The smallest absolute Gasteiger partial charge is 0.313 e. The molecule has 1 saturated carbocycles. The molecule has 1 aromatic heterocycles. The summed E-state index contributed by atoms with van der Waals surface area (Å²) in [4.78, 5) is 19.0. The topological polar surface area (TPSA) is 45.3 Å². The van der Waals surface area contributed by atoms with E-state index in [1.807, 2.05) is 6.92 Å². The van der Waals surface area contributed by atoms with E-state index in [2.05, 4.69) is 47.3 Å². The number of nitrogens with zero attached hydrogens (tertiary/aromatic N) is 1. The number of hydrogen-bond acceptors (Lipinski definition) is 3. The number of carbonyl (C=O) groups is 1. The van der Waals surface area contributed by atoms with Gasteiger partial charge in [0.2, 0.25) is 0 Å². The van der Waals surface area contributed by atoms with Crippen molar-refractivity contribution < 1.29 is 9.53 Å². The first-order valence-electron chi connectivity index (χ1n) is 10.6. The van der Waals surface area contributed by atoms with Crippen molar-refractivity contribution in [1.29, 1.82) is 0 Å². The molecule has 4 rings (SSSR count). The zero-order valence-electron chi connectivity index (χ0n) is 16.7. The number of para-hydroxylation sites is 1. The predicted molar refractivity (Wildman–Crippen MR) is 109 cm³/mol. The minimum atomic E-state index is -0.286. The fourth-order valence-corrected chi connectivity index (χ4v) is 5.65. The van der Waals surface area contributed by atoms with Gasteiger partial charge in [-0.25, -0.2) is 0 Å². The fraction of sp³-hybridized carbons (Fsp3) is 0.609. The number of benzene rings is 1. The summed E-state index contributed by atoms with van der Waals surface area (Å²) >= 11 is 0. The molecule has 1 aromatic carbocycles. The third kappa shape index (κ3) is 3.40. The second-order valence-corrected chi connectivity index (χ2v) is 8.55. The molecule has 0 amide bonds. The lowest BCUT2D eigenvalue weighted by Gasteiger charge is -2.53. The van der Waals surface area contributed by atoms with Gasteiger partial charge in [-0.15, -0.1) is 0 Å². The Morgan fingerprint density at radius 2 is 2.19 bits per heavy atom. The van der Waals surface area contributed by atoms with Crippen molar-refractivity contribution in [2.45, 2.75) is 58.4 Å². The summed E-state index contributed by atoms with van der Waals surface area (Å²) in [5, 5.41) is 1.32. The molecule has 1 N–H and O–H groups in total. The summed E-state index contributed by atoms with van der Waals surface area (Å²) in [5.41, 5.74) is 2.30. The Hall–Kier alpha value is -1.81. The first-order valence-corrected chi connectivity index (χ1v) is 10.6. The van der Waals surface area contributed by atoms with Gasteiger partial charge in [-0.1, -0.05) is 38.0 Å². The van der Waals surface area contributed by atoms with E-state index in [9.17, 15) is 4.79 Å². The second-order valence-electron chi connectivity index (χ2n) is 8.55. The molecule has 27 heavy (non-hydrogen) atoms. The van der Waals surface area contributed by atoms with Gasteiger partial charge in [0, 0.05) is 36.2 Å². The van der Waals surface area contributed by atoms with Gasteiger partial charge in [0.25, 0.3) is 0 Å². The van der Waals surface area contributed by atoms with Crippen LogP contribution in [0.25, 0.3) is 10.9 Å². The van der Waals surface area contributed by atoms with Crippen LogP contribution in [0.5, 0.6) is 0 Å². The Bertz CT molecular complexity index is 799. The number of rotatable bonds is 5. The molecule has 2 aliphatic rings. The predicted octanol–water partition coefficient (Wildman–Crippen LogP) is 4.54. The Balaban J connectivity index is 1.55. The largest absolute Gasteiger partial charge is 0.466 e. The Morgan fingerprint density at radius 3 is 3.04 bits per heavy atom. The van der Waals surface area contributed by atoms with Gasteiger partial charge in [-0.05, 0) is 50.2 Å². The van der Waals surface area contributed by atoms with Gasteiger partial charge in [0.15, 0.2) is 0 Å². The van der Waals surface area contributed by atoms with E-state index < -0.39 is 0 Å². The van der Waals surface area contributed by atoms with Crippen molar-refractivity contribution in [2.24, 2.45) is 11.3 Å². The van der Waals surface area contributed by atoms with Crippen molar-refractivity contribution in [1.82, 2.24) is 9.88 Å². The van der Waals surface area contributed by atoms with Gasteiger partial charge in [0.05, 0.1) is 12.0 Å². The van der Waals surface area contributed by atoms with Crippen molar-refractivity contribution in [2.75, 3.05) is 19.7 Å². The standard InChI is InChI=1S/C23H32N2O2/c1-3-27-22(26)23-12-7-6-10-21(23)25(16-17(2)14-23)13-11-18-15-24-20-9-5-4-8-19(18)20/h4-5,8-9,15,17,21,24H,3,6-7,10-14,16H2,1-2H3/t17-,21+,23+/m0/s1. The van der Waals surface area contributed by atoms with Crippen LogP contribution < -0.4 is 0 Å². The molecule has 1 saturated heterocycles. The van der Waals surface area contributed by atoms with E-state index in [1.165, 1.54) is 22.9 Å². The number of piperidine rings is 1. The molecule has 146 valence electrons. The third-order valence-electron chi connectivity index (χ3n) is 6.71. The molecule has 0 bridgehead atoms. The molecule has 4 heteroatoms. The lowest BCUT2D eigenvalue weighted by molar-refractivity contribution is -0.170. The highest BCUT2D eigenvalue weighted by Crippen LogP contribution is 2.48. The molecular weight excluding hydrogens is 336 g/mol. The van der Waals surface area contributed by atoms with E-state index in [0.717, 1.165) is 45.2 Å². The van der Waals surface area contributed by atoms with E-state index in [0.29, 0.717) is 18.6 Å². The van der Waals surface area contributed by atoms with Crippen LogP contribution >= 0.6 is 0 Å². The number of nitrogens with one attached hydrogen (secondary N) is 1. The van der Waals surface area contributed by atoms with Crippen LogP contribution in [0.15, 0.2) is 30.5 Å². The van der Waals surface area contributed by atoms with Gasteiger partial charge < -0.3 is 9.72 Å². The summed E-state index contributed by atoms with van der Waals surface area (Å²) in [6, 6.07) is 8.85. The number of carbonyl (C=O) groups excluding carboxylic acids is 1. The van der Waals surface area contributed by atoms with Crippen LogP contribution in [-0.4, -0.2) is 41.6 Å². The van der Waals surface area contributed by atoms with E-state index in [1.54, 1.807) is 0 Å². The normalized spacial score (nSPS) is 28.8. The Labute approximate surface area is 162 Å². The number of ether oxygens (including phenoxy) is 1. The number of fused-ring (bicyclic) bond motifs is 2. The molecule has 1 aliphatic carbocycles. The second kappa shape index (κ2) is 7.67. The van der Waals surface area contributed by atoms with Crippen molar-refractivity contribution in [3.05, 3.63) is 36.0 Å². The maximum absolute atomic E-state index is 13.0. The van der Waals surface area contributed by atoms with Crippen LogP contribution in [0.2, 0.25) is 0 Å². The molecule has 2 aromatic rings. The molecule has 2 heterocycles. The summed E-state index contributed by atoms with van der Waals surface area (Å²) in [7, 11) is 0. The van der Waals surface area contributed by atoms with Crippen LogP contribution in [0.4, 0.5) is 0 Å². The highest BCUT2D eigenvalue weighted by Gasteiger charge is 2.53. The quantitative estimate of drug-likeness (QED) is 0.788. The highest BCUT2D eigenvalue weighted by atomic mass is 16.5. The van der Waals surface area contributed by atoms with E-state index in [4.69, 9.17) is 4.74 Å². The number of esters is 1. The average molecular weight is 369 g/mol. The number of hydrogen-bond donors (Lipinski definition) is 1. The first kappa shape index (κ1) is 18.5. The molecule has 4 nitrogen and oxygen atoms in total. The molecule has 3 atom stereocenters. The average Bonchev–Trinajstić information content (AvgIpc) is 3.09. The van der Waals surface area contributed by atoms with Gasteiger partial charge in [0.1, 0.15) is 0 Å². The summed E-state index contributed by atoms with van der Waals surface area (Å²) in [5.74, 6) is 0.588. The zero-order chi connectivity index (χ0) is 18.9. The molecule has 1 aliphatic heterocycles. The van der Waals surface area contributed by atoms with Gasteiger partial charge >= 0.3 is 5.97 Å². The van der Waals surface area contributed by atoms with Gasteiger partial charge in [-0.3, -0.25) is 9.69 Å². The summed E-state index contributed by atoms with van der Waals surface area (Å²) in [6.45, 7) is 6.81. The zero-order valence-corrected chi connectivity index (χ0v) is 16.7. The highest BCUT2D eigenvalue weighted by molar-refractivity contribution is 5.83. The first-order chi connectivity index (χ1) is 13.1. The SMILES string of the molecule is CCOC(=O)[C@@]12CCCC[C@H]1N(CCc1c[nH]c3ccccc13)C[C@@H](C)C2. The number of H-pyrrole nitrogens is 1. The van der Waals surface area contributed by atoms with Crippen molar-refractivity contribution >= 4 is 16.9 Å². The van der Waals surface area contributed by atoms with Crippen LogP contribution in [0.3, 0.4) is 0 Å². The lowest BCUT2D eigenvalue weighted by Crippen LogP contribution is -2.60. The number of aromatic amines is 1. The monoisotopic (exact) mass is 368 g/mol. The third-order valence-corrected chi connectivity index (χ3v) is 6.71. The summed E-state index contributed by atoms with van der Waals surface area (Å²) < 4.78 is 5.58. The van der Waals surface area contributed by atoms with E-state index >= 15 is 0 Å². The minimum Gasteiger partial charge on any atom is -0.466 e. The van der Waals surface area contributed by atoms with E-state index in [-0.39, 0.29) is 11.4 Å². The van der Waals surface area contributed by atoms with Crippen LogP contribution in [-0.2, 0) is 16.0 Å². The number of aromatic nitrogens is 1. The summed E-state index contributed by atoms with van der Waals surface area (Å²) in [6.07, 6.45) is 8.65. The molecule has 2 fully saturated rings. The maximum atomic E-state index is 13.0. The molecule has 0 radical (unpaired) electrons. The fourth-order valence-electron chi connectivity index (χ4n) is 5.65. The Kier molecular flexibility index (Phi) is 5.27. The number of likely N-dealkylation sites (tertiary alicyclic amines) is 1. The maximum Gasteiger partial charge on any atom is 0.313 e. The van der Waals surface area contributed by atoms with Crippen molar-refractivity contribution in [3.8, 4) is 0 Å². The lowest BCUT2D eigenvalue weighted by atomic mass is 9.63. The minimum absolute atomic E-state index is 0.0540.